The van der Waals surface area contributed by atoms with Gasteiger partial charge < -0.3 is 0 Å². The summed E-state index contributed by atoms with van der Waals surface area (Å²) >= 11 is 6.01. The van der Waals surface area contributed by atoms with Gasteiger partial charge in [0, 0.05) is 18.6 Å². The lowest BCUT2D eigenvalue weighted by molar-refractivity contribution is 0.680. The first-order chi connectivity index (χ1) is 10.2. The third kappa shape index (κ3) is 3.20. The zero-order chi connectivity index (χ0) is 14.7. The minimum atomic E-state index is -1.25. The van der Waals surface area contributed by atoms with Gasteiger partial charge in [-0.15, -0.1) is 0 Å². The van der Waals surface area contributed by atoms with Crippen LogP contribution in [0.2, 0.25) is 5.02 Å². The van der Waals surface area contributed by atoms with Gasteiger partial charge in [0.2, 0.25) is 0 Å². The van der Waals surface area contributed by atoms with Gasteiger partial charge in [-0.3, -0.25) is 4.21 Å². The van der Waals surface area contributed by atoms with E-state index in [4.69, 9.17) is 11.6 Å². The molecule has 0 N–H and O–H groups in total. The van der Waals surface area contributed by atoms with Crippen molar-refractivity contribution in [3.8, 4) is 5.69 Å². The highest BCUT2D eigenvalue weighted by Crippen LogP contribution is 2.19. The summed E-state index contributed by atoms with van der Waals surface area (Å²) in [6.45, 7) is 0. The highest BCUT2D eigenvalue weighted by atomic mass is 35.5. The number of pyridine rings is 1. The van der Waals surface area contributed by atoms with Crippen molar-refractivity contribution >= 4 is 22.4 Å². The van der Waals surface area contributed by atoms with E-state index in [-0.39, 0.29) is 0 Å². The summed E-state index contributed by atoms with van der Waals surface area (Å²) in [7, 11) is -1.25. The predicted octanol–water partition coefficient (Wildman–Crippen LogP) is 3.23. The quantitative estimate of drug-likeness (QED) is 0.742. The van der Waals surface area contributed by atoms with E-state index in [0.29, 0.717) is 15.8 Å². The number of benzene rings is 1. The SMILES string of the molecule is O=[S@](Cc1ccc(-n2cccn2)cc1)c1ncccc1Cl. The van der Waals surface area contributed by atoms with Crippen LogP contribution >= 0.6 is 11.6 Å². The van der Waals surface area contributed by atoms with Crippen molar-refractivity contribution in [3.63, 3.8) is 0 Å². The second kappa shape index (κ2) is 6.20. The third-order valence-electron chi connectivity index (χ3n) is 2.94. The van der Waals surface area contributed by atoms with Gasteiger partial charge in [-0.2, -0.15) is 5.10 Å². The molecule has 106 valence electrons. The molecule has 0 saturated carbocycles. The van der Waals surface area contributed by atoms with E-state index in [9.17, 15) is 4.21 Å². The van der Waals surface area contributed by atoms with Crippen LogP contribution < -0.4 is 0 Å². The molecule has 3 rings (SSSR count). The monoisotopic (exact) mass is 317 g/mol. The fourth-order valence-electron chi connectivity index (χ4n) is 1.92. The summed E-state index contributed by atoms with van der Waals surface area (Å²) in [5.41, 5.74) is 1.93. The van der Waals surface area contributed by atoms with Gasteiger partial charge >= 0.3 is 0 Å². The van der Waals surface area contributed by atoms with Gasteiger partial charge in [0.05, 0.1) is 27.3 Å². The number of hydrogen-bond acceptors (Lipinski definition) is 3. The smallest absolute Gasteiger partial charge is 0.146 e. The molecule has 0 unspecified atom stereocenters. The Bertz CT molecular complexity index is 757. The van der Waals surface area contributed by atoms with E-state index in [2.05, 4.69) is 10.1 Å². The van der Waals surface area contributed by atoms with Crippen LogP contribution in [-0.4, -0.2) is 19.0 Å². The van der Waals surface area contributed by atoms with E-state index in [0.717, 1.165) is 11.3 Å². The Hall–Kier alpha value is -1.98. The third-order valence-corrected chi connectivity index (χ3v) is 4.71. The lowest BCUT2D eigenvalue weighted by Gasteiger charge is -2.05. The van der Waals surface area contributed by atoms with Gasteiger partial charge in [0.25, 0.3) is 0 Å². The molecule has 0 bridgehead atoms. The van der Waals surface area contributed by atoms with E-state index in [1.54, 1.807) is 29.2 Å². The first-order valence-corrected chi connectivity index (χ1v) is 8.01. The fourth-order valence-corrected chi connectivity index (χ4v) is 3.40. The topological polar surface area (TPSA) is 47.8 Å². The Kier molecular flexibility index (Phi) is 4.13. The van der Waals surface area contributed by atoms with Crippen molar-refractivity contribution in [2.24, 2.45) is 0 Å². The zero-order valence-corrected chi connectivity index (χ0v) is 12.6. The summed E-state index contributed by atoms with van der Waals surface area (Å²) in [5, 5.41) is 5.03. The average molecular weight is 318 g/mol. The van der Waals surface area contributed by atoms with Crippen molar-refractivity contribution in [1.82, 2.24) is 14.8 Å². The number of rotatable bonds is 4. The maximum absolute atomic E-state index is 12.3. The second-order valence-electron chi connectivity index (χ2n) is 4.40. The molecule has 1 aromatic carbocycles. The van der Waals surface area contributed by atoms with Crippen molar-refractivity contribution in [2.45, 2.75) is 10.8 Å². The predicted molar refractivity (Wildman–Crippen MR) is 82.9 cm³/mol. The molecule has 2 aromatic heterocycles. The average Bonchev–Trinajstić information content (AvgIpc) is 3.02. The molecule has 6 heteroatoms. The van der Waals surface area contributed by atoms with Crippen LogP contribution in [0, 0.1) is 0 Å². The van der Waals surface area contributed by atoms with Crippen LogP contribution in [0.5, 0.6) is 0 Å². The Balaban J connectivity index is 1.77. The number of halogens is 1. The van der Waals surface area contributed by atoms with E-state index < -0.39 is 10.8 Å². The molecule has 0 saturated heterocycles. The molecule has 4 nitrogen and oxygen atoms in total. The largest absolute Gasteiger partial charge is 0.252 e. The van der Waals surface area contributed by atoms with Gasteiger partial charge in [-0.1, -0.05) is 23.7 Å². The summed E-state index contributed by atoms with van der Waals surface area (Å²) < 4.78 is 14.1. The van der Waals surface area contributed by atoms with Crippen molar-refractivity contribution < 1.29 is 4.21 Å². The van der Waals surface area contributed by atoms with Crippen LogP contribution in [0.15, 0.2) is 66.1 Å². The first kappa shape index (κ1) is 14.0. The van der Waals surface area contributed by atoms with Gasteiger partial charge in [-0.05, 0) is 35.9 Å². The lowest BCUT2D eigenvalue weighted by Crippen LogP contribution is -2.00. The molecular formula is C15H12ClN3OS. The normalized spacial score (nSPS) is 12.2. The standard InChI is InChI=1S/C15H12ClN3OS/c16-14-3-1-8-17-15(14)21(20)11-12-4-6-13(7-5-12)19-10-2-9-18-19/h1-10H,11H2/t21-/m1/s1. The maximum Gasteiger partial charge on any atom is 0.146 e. The molecule has 0 aliphatic rings. The molecule has 0 spiro atoms. The number of hydrogen-bond donors (Lipinski definition) is 0. The molecule has 0 fully saturated rings. The Morgan fingerprint density at radius 2 is 1.90 bits per heavy atom. The van der Waals surface area contributed by atoms with Crippen molar-refractivity contribution in [2.75, 3.05) is 0 Å². The molecule has 21 heavy (non-hydrogen) atoms. The number of aromatic nitrogens is 3. The van der Waals surface area contributed by atoms with Gasteiger partial charge in [0.1, 0.15) is 5.03 Å². The maximum atomic E-state index is 12.3. The van der Waals surface area contributed by atoms with Crippen LogP contribution in [0.4, 0.5) is 0 Å². The summed E-state index contributed by atoms with van der Waals surface area (Å²) in [6.07, 6.45) is 5.20. The lowest BCUT2D eigenvalue weighted by atomic mass is 10.2. The highest BCUT2D eigenvalue weighted by Gasteiger charge is 2.10. The van der Waals surface area contributed by atoms with Crippen molar-refractivity contribution in [3.05, 3.63) is 71.6 Å². The Morgan fingerprint density at radius 3 is 2.57 bits per heavy atom. The summed E-state index contributed by atoms with van der Waals surface area (Å²) in [5.74, 6) is 0.385. The molecule has 1 atom stereocenters. The van der Waals surface area contributed by atoms with Crippen molar-refractivity contribution in [1.29, 1.82) is 0 Å². The van der Waals surface area contributed by atoms with Gasteiger partial charge in [-0.25, -0.2) is 9.67 Å². The van der Waals surface area contributed by atoms with Gasteiger partial charge in [0.15, 0.2) is 0 Å². The molecule has 0 aliphatic heterocycles. The highest BCUT2D eigenvalue weighted by molar-refractivity contribution is 7.84. The van der Waals surface area contributed by atoms with Crippen LogP contribution in [0.3, 0.4) is 0 Å². The minimum absolute atomic E-state index is 0.385. The summed E-state index contributed by atoms with van der Waals surface area (Å²) in [6, 6.07) is 13.0. The van der Waals surface area contributed by atoms with E-state index >= 15 is 0 Å². The molecule has 0 radical (unpaired) electrons. The minimum Gasteiger partial charge on any atom is -0.252 e. The van der Waals surface area contributed by atoms with Crippen LogP contribution in [0.1, 0.15) is 5.56 Å². The Morgan fingerprint density at radius 1 is 1.10 bits per heavy atom. The zero-order valence-electron chi connectivity index (χ0n) is 11.0. The molecule has 3 aromatic rings. The fraction of sp³-hybridized carbons (Fsp3) is 0.0667. The molecule has 0 aliphatic carbocycles. The molecule has 2 heterocycles. The van der Waals surface area contributed by atoms with E-state index in [1.807, 2.05) is 36.5 Å². The molecule has 0 amide bonds. The van der Waals surface area contributed by atoms with Crippen LogP contribution in [0.25, 0.3) is 5.69 Å². The number of nitrogens with zero attached hydrogens (tertiary/aromatic N) is 3. The molecular weight excluding hydrogens is 306 g/mol. The van der Waals surface area contributed by atoms with Crippen LogP contribution in [-0.2, 0) is 16.6 Å². The second-order valence-corrected chi connectivity index (χ2v) is 6.17. The summed E-state index contributed by atoms with van der Waals surface area (Å²) in [4.78, 5) is 4.09. The van der Waals surface area contributed by atoms with E-state index in [1.165, 1.54) is 0 Å². The Labute approximate surface area is 129 Å². The first-order valence-electron chi connectivity index (χ1n) is 6.32.